The Kier molecular flexibility index (Phi) is 5.79. The maximum atomic E-state index is 13.1. The standard InChI is InChI=1S/C25H30N8O/c1-17(2)32-24(34)20-16-27-25(29-23(20)33(32)22-7-5-6-10-26-22)28-19-8-9-21(18(3)15-19)31-13-11-30(4)12-14-31/h5-10,15-17H,11-14H2,1-4H3,(H,27,28,29). The lowest BCUT2D eigenvalue weighted by Crippen LogP contribution is -2.44. The molecule has 34 heavy (non-hydrogen) atoms. The monoisotopic (exact) mass is 458 g/mol. The molecule has 0 unspecified atom stereocenters. The van der Waals surface area contributed by atoms with Crippen LogP contribution in [-0.4, -0.2) is 62.4 Å². The first kappa shape index (κ1) is 22.1. The quantitative estimate of drug-likeness (QED) is 0.491. The van der Waals surface area contributed by atoms with Crippen LogP contribution in [0.25, 0.3) is 16.9 Å². The second-order valence-electron chi connectivity index (χ2n) is 9.09. The van der Waals surface area contributed by atoms with Gasteiger partial charge in [-0.25, -0.2) is 19.3 Å². The summed E-state index contributed by atoms with van der Waals surface area (Å²) in [6.07, 6.45) is 3.30. The number of likely N-dealkylation sites (N-methyl/N-ethyl adjacent to an activating group) is 1. The first-order valence-electron chi connectivity index (χ1n) is 11.6. The molecule has 1 fully saturated rings. The molecule has 0 atom stereocenters. The molecule has 0 amide bonds. The van der Waals surface area contributed by atoms with Crippen molar-refractivity contribution in [3.8, 4) is 5.82 Å². The second-order valence-corrected chi connectivity index (χ2v) is 9.09. The number of pyridine rings is 1. The van der Waals surface area contributed by atoms with Gasteiger partial charge in [-0.2, -0.15) is 4.98 Å². The zero-order valence-electron chi connectivity index (χ0n) is 20.1. The van der Waals surface area contributed by atoms with Crippen molar-refractivity contribution >= 4 is 28.4 Å². The van der Waals surface area contributed by atoms with E-state index in [1.807, 2.05) is 32.0 Å². The van der Waals surface area contributed by atoms with E-state index in [1.54, 1.807) is 21.8 Å². The molecule has 4 aromatic rings. The van der Waals surface area contributed by atoms with Crippen LogP contribution >= 0.6 is 0 Å². The Morgan fingerprint density at radius 1 is 1.03 bits per heavy atom. The second kappa shape index (κ2) is 8.90. The molecule has 0 spiro atoms. The van der Waals surface area contributed by atoms with Crippen molar-refractivity contribution < 1.29 is 0 Å². The zero-order valence-corrected chi connectivity index (χ0v) is 20.1. The molecule has 3 aromatic heterocycles. The smallest absolute Gasteiger partial charge is 0.278 e. The van der Waals surface area contributed by atoms with Gasteiger partial charge in [0.15, 0.2) is 11.5 Å². The van der Waals surface area contributed by atoms with Gasteiger partial charge >= 0.3 is 0 Å². The van der Waals surface area contributed by atoms with E-state index in [4.69, 9.17) is 4.98 Å². The molecule has 0 radical (unpaired) electrons. The summed E-state index contributed by atoms with van der Waals surface area (Å²) < 4.78 is 3.44. The maximum absolute atomic E-state index is 13.1. The topological polar surface area (TPSA) is 84.1 Å². The third-order valence-corrected chi connectivity index (χ3v) is 6.28. The number of aromatic nitrogens is 5. The highest BCUT2D eigenvalue weighted by atomic mass is 16.1. The summed E-state index contributed by atoms with van der Waals surface area (Å²) in [5.74, 6) is 1.07. The Bertz CT molecular complexity index is 1370. The molecule has 9 nitrogen and oxygen atoms in total. The van der Waals surface area contributed by atoms with Crippen molar-refractivity contribution in [3.05, 3.63) is 64.7 Å². The molecular weight excluding hydrogens is 428 g/mol. The van der Waals surface area contributed by atoms with Gasteiger partial charge in [0.25, 0.3) is 5.56 Å². The highest BCUT2D eigenvalue weighted by Crippen LogP contribution is 2.26. The Balaban J connectivity index is 1.49. The highest BCUT2D eigenvalue weighted by Gasteiger charge is 2.20. The van der Waals surface area contributed by atoms with Crippen LogP contribution in [0.3, 0.4) is 0 Å². The molecule has 4 heterocycles. The zero-order chi connectivity index (χ0) is 23.8. The van der Waals surface area contributed by atoms with Gasteiger partial charge in [0.2, 0.25) is 5.95 Å². The number of anilines is 3. The predicted octanol–water partition coefficient (Wildman–Crippen LogP) is 3.36. The van der Waals surface area contributed by atoms with E-state index < -0.39 is 0 Å². The van der Waals surface area contributed by atoms with Crippen LogP contribution in [0.1, 0.15) is 25.5 Å². The summed E-state index contributed by atoms with van der Waals surface area (Å²) in [5, 5.41) is 3.78. The number of hydrogen-bond donors (Lipinski definition) is 1. The lowest BCUT2D eigenvalue weighted by atomic mass is 10.1. The van der Waals surface area contributed by atoms with E-state index in [1.165, 1.54) is 11.3 Å². The molecule has 1 aliphatic heterocycles. The highest BCUT2D eigenvalue weighted by molar-refractivity contribution is 5.77. The lowest BCUT2D eigenvalue weighted by Gasteiger charge is -2.35. The Labute approximate surface area is 198 Å². The van der Waals surface area contributed by atoms with Crippen LogP contribution in [0.4, 0.5) is 17.3 Å². The van der Waals surface area contributed by atoms with E-state index in [2.05, 4.69) is 57.3 Å². The molecule has 5 rings (SSSR count). The Hall–Kier alpha value is -3.72. The van der Waals surface area contributed by atoms with Gasteiger partial charge in [-0.3, -0.25) is 4.79 Å². The van der Waals surface area contributed by atoms with E-state index >= 15 is 0 Å². The minimum atomic E-state index is -0.130. The lowest BCUT2D eigenvalue weighted by molar-refractivity contribution is 0.312. The van der Waals surface area contributed by atoms with E-state index in [0.29, 0.717) is 22.8 Å². The molecule has 1 aliphatic rings. The van der Waals surface area contributed by atoms with Crippen molar-refractivity contribution in [3.63, 3.8) is 0 Å². The summed E-state index contributed by atoms with van der Waals surface area (Å²) in [6.45, 7) is 10.3. The Morgan fingerprint density at radius 3 is 2.50 bits per heavy atom. The third-order valence-electron chi connectivity index (χ3n) is 6.28. The van der Waals surface area contributed by atoms with Gasteiger partial charge in [-0.05, 0) is 63.7 Å². The first-order valence-corrected chi connectivity index (χ1v) is 11.6. The molecule has 0 bridgehead atoms. The number of nitrogens with zero attached hydrogens (tertiary/aromatic N) is 7. The van der Waals surface area contributed by atoms with Gasteiger partial charge in [-0.15, -0.1) is 0 Å². The molecule has 1 aromatic carbocycles. The molecule has 1 saturated heterocycles. The predicted molar refractivity (Wildman–Crippen MR) is 135 cm³/mol. The van der Waals surface area contributed by atoms with Gasteiger partial charge in [0, 0.05) is 56.0 Å². The van der Waals surface area contributed by atoms with Crippen LogP contribution in [-0.2, 0) is 0 Å². The fourth-order valence-electron chi connectivity index (χ4n) is 4.49. The van der Waals surface area contributed by atoms with E-state index in [9.17, 15) is 4.79 Å². The van der Waals surface area contributed by atoms with Gasteiger partial charge in [-0.1, -0.05) is 6.07 Å². The van der Waals surface area contributed by atoms with E-state index in [-0.39, 0.29) is 11.6 Å². The normalized spacial score (nSPS) is 14.8. The van der Waals surface area contributed by atoms with Crippen LogP contribution in [0.5, 0.6) is 0 Å². The van der Waals surface area contributed by atoms with E-state index in [0.717, 1.165) is 31.9 Å². The summed E-state index contributed by atoms with van der Waals surface area (Å²) in [4.78, 5) is 31.5. The number of hydrogen-bond acceptors (Lipinski definition) is 7. The van der Waals surface area contributed by atoms with Gasteiger partial charge < -0.3 is 15.1 Å². The number of nitrogens with one attached hydrogen (secondary N) is 1. The van der Waals surface area contributed by atoms with Crippen LogP contribution in [0, 0.1) is 6.92 Å². The van der Waals surface area contributed by atoms with Crippen molar-refractivity contribution in [1.82, 2.24) is 29.2 Å². The van der Waals surface area contributed by atoms with Crippen molar-refractivity contribution in [2.45, 2.75) is 26.8 Å². The summed E-state index contributed by atoms with van der Waals surface area (Å²) in [7, 11) is 2.16. The summed E-state index contributed by atoms with van der Waals surface area (Å²) >= 11 is 0. The molecule has 176 valence electrons. The third kappa shape index (κ3) is 4.03. The van der Waals surface area contributed by atoms with Crippen LogP contribution in [0.15, 0.2) is 53.6 Å². The number of rotatable bonds is 5. The first-order chi connectivity index (χ1) is 16.4. The number of benzene rings is 1. The molecular formula is C25H30N8O. The SMILES string of the molecule is Cc1cc(Nc2ncc3c(=O)n(C(C)C)n(-c4ccccn4)c3n2)ccc1N1CCN(C)CC1. The van der Waals surface area contributed by atoms with Crippen LogP contribution in [0.2, 0.25) is 0 Å². The maximum Gasteiger partial charge on any atom is 0.278 e. The largest absolute Gasteiger partial charge is 0.369 e. The minimum absolute atomic E-state index is 0.0649. The van der Waals surface area contributed by atoms with Crippen molar-refractivity contribution in [1.29, 1.82) is 0 Å². The molecule has 9 heteroatoms. The molecule has 1 N–H and O–H groups in total. The fourth-order valence-corrected chi connectivity index (χ4v) is 4.49. The van der Waals surface area contributed by atoms with Gasteiger partial charge in [0.05, 0.1) is 0 Å². The van der Waals surface area contributed by atoms with Crippen molar-refractivity contribution in [2.75, 3.05) is 43.4 Å². The molecule has 0 aliphatic carbocycles. The fraction of sp³-hybridized carbons (Fsp3) is 0.360. The number of aryl methyl sites for hydroxylation is 1. The summed E-state index contributed by atoms with van der Waals surface area (Å²) in [6, 6.07) is 11.9. The average molecular weight is 459 g/mol. The molecule has 0 saturated carbocycles. The average Bonchev–Trinajstić information content (AvgIpc) is 3.12. The Morgan fingerprint density at radius 2 is 1.82 bits per heavy atom. The van der Waals surface area contributed by atoms with Gasteiger partial charge in [0.1, 0.15) is 5.39 Å². The van der Waals surface area contributed by atoms with Crippen molar-refractivity contribution in [2.24, 2.45) is 0 Å². The summed E-state index contributed by atoms with van der Waals surface area (Å²) in [5.41, 5.74) is 3.76. The number of fused-ring (bicyclic) bond motifs is 1. The number of piperazine rings is 1. The van der Waals surface area contributed by atoms with Crippen LogP contribution < -0.4 is 15.8 Å². The minimum Gasteiger partial charge on any atom is -0.369 e.